The maximum absolute atomic E-state index is 5.91. The molecule has 0 spiro atoms. The van der Waals surface area contributed by atoms with Crippen molar-refractivity contribution in [3.63, 3.8) is 0 Å². The summed E-state index contributed by atoms with van der Waals surface area (Å²) in [7, 11) is 0. The van der Waals surface area contributed by atoms with E-state index in [0.29, 0.717) is 5.92 Å². The molecule has 1 aromatic carbocycles. The third-order valence-corrected chi connectivity index (χ3v) is 7.33. The van der Waals surface area contributed by atoms with Crippen LogP contribution in [0.2, 0.25) is 0 Å². The fourth-order valence-corrected chi connectivity index (χ4v) is 5.46. The molecule has 0 radical (unpaired) electrons. The van der Waals surface area contributed by atoms with E-state index in [0.717, 1.165) is 64.0 Å². The Labute approximate surface area is 213 Å². The number of benzene rings is 1. The van der Waals surface area contributed by atoms with Crippen LogP contribution in [0.15, 0.2) is 66.2 Å². The van der Waals surface area contributed by atoms with Crippen LogP contribution in [0.3, 0.4) is 0 Å². The quantitative estimate of drug-likeness (QED) is 0.298. The third-order valence-electron chi connectivity index (χ3n) is 6.28. The number of rotatable bonds is 15. The average Bonchev–Trinajstić information content (AvgIpc) is 3.13. The molecule has 1 aliphatic heterocycles. The van der Waals surface area contributed by atoms with Gasteiger partial charge in [-0.15, -0.1) is 0 Å². The van der Waals surface area contributed by atoms with E-state index in [-0.39, 0.29) is 6.04 Å². The van der Waals surface area contributed by atoms with E-state index in [2.05, 4.69) is 97.1 Å². The van der Waals surface area contributed by atoms with E-state index >= 15 is 0 Å². The SMILES string of the molecule is C=C(CNC(=CCC)C(C)Cc1ccccc1)NC(CCCN)C(=CCC)N1CCCSCC1. The van der Waals surface area contributed by atoms with Crippen molar-refractivity contribution < 1.29 is 0 Å². The first kappa shape index (κ1) is 28.4. The third kappa shape index (κ3) is 10.2. The lowest BCUT2D eigenvalue weighted by molar-refractivity contribution is 0.324. The molecule has 4 nitrogen and oxygen atoms in total. The van der Waals surface area contributed by atoms with Crippen molar-refractivity contribution >= 4 is 11.8 Å². The number of thioether (sulfide) groups is 1. The molecule has 1 aliphatic rings. The number of allylic oxidation sites excluding steroid dienone is 3. The van der Waals surface area contributed by atoms with Gasteiger partial charge in [-0.05, 0) is 62.3 Å². The molecular weight excluding hydrogens is 436 g/mol. The number of hydrogen-bond donors (Lipinski definition) is 3. The normalized spacial score (nSPS) is 17.1. The standard InChI is InChI=1S/C29H48N4S/c1-5-12-27(24(3)22-26-14-8-7-9-15-26)31-23-25(4)32-28(16-10-17-30)29(13-6-2)33-18-11-20-34-21-19-33/h7-9,12-15,24,28,31-32H,4-6,10-11,16-23,30H2,1-3H3. The van der Waals surface area contributed by atoms with Crippen LogP contribution in [0, 0.1) is 5.92 Å². The Balaban J connectivity index is 2.02. The van der Waals surface area contributed by atoms with Crippen LogP contribution >= 0.6 is 11.8 Å². The van der Waals surface area contributed by atoms with Crippen molar-refractivity contribution in [3.8, 4) is 0 Å². The highest BCUT2D eigenvalue weighted by atomic mass is 32.2. The van der Waals surface area contributed by atoms with Gasteiger partial charge in [-0.3, -0.25) is 0 Å². The zero-order valence-corrected chi connectivity index (χ0v) is 22.6. The molecule has 190 valence electrons. The molecule has 0 aliphatic carbocycles. The van der Waals surface area contributed by atoms with Gasteiger partial charge in [0.05, 0.1) is 12.6 Å². The molecule has 1 saturated heterocycles. The average molecular weight is 485 g/mol. The predicted molar refractivity (Wildman–Crippen MR) is 152 cm³/mol. The molecule has 34 heavy (non-hydrogen) atoms. The smallest absolute Gasteiger partial charge is 0.0656 e. The van der Waals surface area contributed by atoms with Gasteiger partial charge in [-0.1, -0.05) is 69.8 Å². The number of nitrogens with two attached hydrogens (primary N) is 1. The molecular formula is C29H48N4S. The molecule has 0 bridgehead atoms. The van der Waals surface area contributed by atoms with Crippen LogP contribution in [0.1, 0.15) is 58.4 Å². The van der Waals surface area contributed by atoms with Crippen LogP contribution in [-0.4, -0.2) is 48.6 Å². The molecule has 2 rings (SSSR count). The minimum absolute atomic E-state index is 0.265. The summed E-state index contributed by atoms with van der Waals surface area (Å²) in [6.07, 6.45) is 11.1. The molecule has 1 fully saturated rings. The molecule has 0 amide bonds. The van der Waals surface area contributed by atoms with Crippen molar-refractivity contribution in [2.45, 2.75) is 65.3 Å². The van der Waals surface area contributed by atoms with E-state index < -0.39 is 0 Å². The summed E-state index contributed by atoms with van der Waals surface area (Å²) in [6.45, 7) is 14.9. The Morgan fingerprint density at radius 2 is 1.91 bits per heavy atom. The van der Waals surface area contributed by atoms with Gasteiger partial charge >= 0.3 is 0 Å². The Kier molecular flexibility index (Phi) is 14.0. The first-order chi connectivity index (χ1) is 16.6. The van der Waals surface area contributed by atoms with Gasteiger partial charge < -0.3 is 21.3 Å². The van der Waals surface area contributed by atoms with Gasteiger partial charge in [-0.2, -0.15) is 11.8 Å². The van der Waals surface area contributed by atoms with Gasteiger partial charge in [-0.25, -0.2) is 0 Å². The van der Waals surface area contributed by atoms with Crippen molar-refractivity contribution in [2.24, 2.45) is 11.7 Å². The highest BCUT2D eigenvalue weighted by Gasteiger charge is 2.21. The van der Waals surface area contributed by atoms with Crippen LogP contribution < -0.4 is 16.4 Å². The highest BCUT2D eigenvalue weighted by molar-refractivity contribution is 7.99. The largest absolute Gasteiger partial charge is 0.383 e. The molecule has 5 heteroatoms. The van der Waals surface area contributed by atoms with Crippen molar-refractivity contribution in [1.29, 1.82) is 0 Å². The van der Waals surface area contributed by atoms with Crippen molar-refractivity contribution in [2.75, 3.05) is 37.7 Å². The summed E-state index contributed by atoms with van der Waals surface area (Å²) >= 11 is 2.07. The second-order valence-electron chi connectivity index (χ2n) is 9.23. The Hall–Kier alpha value is -1.85. The molecule has 0 aromatic heterocycles. The molecule has 0 saturated carbocycles. The number of nitrogens with zero attached hydrogens (tertiary/aromatic N) is 1. The fraction of sp³-hybridized carbons (Fsp3) is 0.586. The summed E-state index contributed by atoms with van der Waals surface area (Å²) in [5, 5.41) is 7.48. The molecule has 4 N–H and O–H groups in total. The summed E-state index contributed by atoms with van der Waals surface area (Å²) in [5.74, 6) is 2.91. The van der Waals surface area contributed by atoms with Crippen molar-refractivity contribution in [1.82, 2.24) is 15.5 Å². The van der Waals surface area contributed by atoms with E-state index in [1.807, 2.05) is 0 Å². The fourth-order valence-electron chi connectivity index (χ4n) is 4.57. The van der Waals surface area contributed by atoms with E-state index in [4.69, 9.17) is 5.73 Å². The van der Waals surface area contributed by atoms with Crippen LogP contribution in [0.5, 0.6) is 0 Å². The maximum atomic E-state index is 5.91. The van der Waals surface area contributed by atoms with Crippen LogP contribution in [0.4, 0.5) is 0 Å². The van der Waals surface area contributed by atoms with Crippen molar-refractivity contribution in [3.05, 3.63) is 71.7 Å². The summed E-state index contributed by atoms with van der Waals surface area (Å²) in [4.78, 5) is 2.60. The lowest BCUT2D eigenvalue weighted by atomic mass is 9.97. The number of hydrogen-bond acceptors (Lipinski definition) is 5. The topological polar surface area (TPSA) is 53.3 Å². The molecule has 2 unspecified atom stereocenters. The van der Waals surface area contributed by atoms with Gasteiger partial charge in [0.1, 0.15) is 0 Å². The first-order valence-corrected chi connectivity index (χ1v) is 14.4. The van der Waals surface area contributed by atoms with E-state index in [1.54, 1.807) is 0 Å². The zero-order valence-electron chi connectivity index (χ0n) is 21.8. The molecule has 1 heterocycles. The summed E-state index contributed by atoms with van der Waals surface area (Å²) in [6, 6.07) is 11.0. The summed E-state index contributed by atoms with van der Waals surface area (Å²) in [5.41, 5.74) is 11.1. The second kappa shape index (κ2) is 16.7. The molecule has 1 aromatic rings. The minimum atomic E-state index is 0.265. The highest BCUT2D eigenvalue weighted by Crippen LogP contribution is 2.21. The van der Waals surface area contributed by atoms with Crippen LogP contribution in [0.25, 0.3) is 0 Å². The second-order valence-corrected chi connectivity index (χ2v) is 10.5. The minimum Gasteiger partial charge on any atom is -0.383 e. The maximum Gasteiger partial charge on any atom is 0.0656 e. The molecule has 2 atom stereocenters. The van der Waals surface area contributed by atoms with E-state index in [1.165, 1.54) is 34.9 Å². The van der Waals surface area contributed by atoms with Gasteiger partial charge in [0.25, 0.3) is 0 Å². The number of nitrogens with one attached hydrogen (secondary N) is 2. The van der Waals surface area contributed by atoms with Gasteiger partial charge in [0, 0.05) is 35.9 Å². The van der Waals surface area contributed by atoms with E-state index in [9.17, 15) is 0 Å². The first-order valence-electron chi connectivity index (χ1n) is 13.2. The Morgan fingerprint density at radius 1 is 1.15 bits per heavy atom. The lowest BCUT2D eigenvalue weighted by Gasteiger charge is -2.33. The predicted octanol–water partition coefficient (Wildman–Crippen LogP) is 5.69. The lowest BCUT2D eigenvalue weighted by Crippen LogP contribution is -2.41. The Bertz CT molecular complexity index is 751. The van der Waals surface area contributed by atoms with Gasteiger partial charge in [0.2, 0.25) is 0 Å². The zero-order chi connectivity index (χ0) is 24.6. The van der Waals surface area contributed by atoms with Gasteiger partial charge in [0.15, 0.2) is 0 Å². The van der Waals surface area contributed by atoms with Crippen LogP contribution in [-0.2, 0) is 6.42 Å². The monoisotopic (exact) mass is 484 g/mol. The Morgan fingerprint density at radius 3 is 2.62 bits per heavy atom. The summed E-state index contributed by atoms with van der Waals surface area (Å²) < 4.78 is 0.